The lowest BCUT2D eigenvalue weighted by atomic mass is 10.1. The van der Waals surface area contributed by atoms with Crippen molar-refractivity contribution in [2.45, 2.75) is 27.2 Å². The van der Waals surface area contributed by atoms with Crippen LogP contribution >= 0.6 is 11.6 Å². The summed E-state index contributed by atoms with van der Waals surface area (Å²) >= 11 is 6.05. The summed E-state index contributed by atoms with van der Waals surface area (Å²) < 4.78 is 0. The average molecular weight is 366 g/mol. The number of anilines is 1. The molecular formula is C19H28ClN3O2. The normalized spacial score (nSPS) is 14.8. The van der Waals surface area contributed by atoms with Gasteiger partial charge in [-0.1, -0.05) is 31.5 Å². The highest BCUT2D eigenvalue weighted by molar-refractivity contribution is 6.30. The highest BCUT2D eigenvalue weighted by Gasteiger charge is 2.23. The third kappa shape index (κ3) is 5.92. The molecule has 0 radical (unpaired) electrons. The second kappa shape index (κ2) is 9.09. The third-order valence-electron chi connectivity index (χ3n) is 4.55. The molecule has 1 aliphatic rings. The van der Waals surface area contributed by atoms with Crippen LogP contribution in [0.5, 0.6) is 0 Å². The van der Waals surface area contributed by atoms with E-state index in [4.69, 9.17) is 11.6 Å². The molecule has 1 fully saturated rings. The first kappa shape index (κ1) is 19.6. The molecule has 0 aliphatic carbocycles. The van der Waals surface area contributed by atoms with Gasteiger partial charge in [0.25, 0.3) is 0 Å². The van der Waals surface area contributed by atoms with E-state index in [0.29, 0.717) is 25.6 Å². The van der Waals surface area contributed by atoms with Crippen molar-refractivity contribution >= 4 is 29.1 Å². The first-order chi connectivity index (χ1) is 11.9. The smallest absolute Gasteiger partial charge is 0.242 e. The van der Waals surface area contributed by atoms with E-state index in [1.54, 1.807) is 4.90 Å². The Labute approximate surface area is 155 Å². The van der Waals surface area contributed by atoms with Crippen molar-refractivity contribution in [3.8, 4) is 0 Å². The highest BCUT2D eigenvalue weighted by atomic mass is 35.5. The Hall–Kier alpha value is -1.75. The second-order valence-electron chi connectivity index (χ2n) is 6.97. The fourth-order valence-corrected chi connectivity index (χ4v) is 3.10. The number of halogens is 1. The largest absolute Gasteiger partial charge is 0.368 e. The molecule has 6 heteroatoms. The molecule has 25 heavy (non-hydrogen) atoms. The number of hydrogen-bond donors (Lipinski definition) is 0. The van der Waals surface area contributed by atoms with Gasteiger partial charge in [0.2, 0.25) is 11.8 Å². The molecule has 0 bridgehead atoms. The van der Waals surface area contributed by atoms with Gasteiger partial charge in [0, 0.05) is 50.4 Å². The Bertz CT molecular complexity index is 598. The molecule has 1 saturated heterocycles. The fourth-order valence-electron chi connectivity index (χ4n) is 2.91. The second-order valence-corrected chi connectivity index (χ2v) is 7.41. The summed E-state index contributed by atoms with van der Waals surface area (Å²) in [6.07, 6.45) is 0.912. The summed E-state index contributed by atoms with van der Waals surface area (Å²) in [6.45, 7) is 9.48. The maximum absolute atomic E-state index is 12.5. The van der Waals surface area contributed by atoms with Gasteiger partial charge < -0.3 is 14.7 Å². The van der Waals surface area contributed by atoms with Crippen LogP contribution in [0.3, 0.4) is 0 Å². The van der Waals surface area contributed by atoms with Gasteiger partial charge >= 0.3 is 0 Å². The lowest BCUT2D eigenvalue weighted by Gasteiger charge is -2.37. The monoisotopic (exact) mass is 365 g/mol. The quantitative estimate of drug-likeness (QED) is 0.778. The molecule has 0 unspecified atom stereocenters. The number of carbonyl (C=O) groups excluding carboxylic acids is 2. The molecule has 0 atom stereocenters. The lowest BCUT2D eigenvalue weighted by molar-refractivity contribution is -0.139. The molecule has 1 aromatic rings. The summed E-state index contributed by atoms with van der Waals surface area (Å²) in [6, 6.07) is 7.78. The zero-order valence-corrected chi connectivity index (χ0v) is 16.1. The van der Waals surface area contributed by atoms with Crippen LogP contribution < -0.4 is 4.90 Å². The number of benzene rings is 1. The Morgan fingerprint density at radius 3 is 2.44 bits per heavy atom. The van der Waals surface area contributed by atoms with Crippen LogP contribution in [-0.4, -0.2) is 60.9 Å². The highest BCUT2D eigenvalue weighted by Crippen LogP contribution is 2.20. The van der Waals surface area contributed by atoms with Gasteiger partial charge in [-0.2, -0.15) is 0 Å². The maximum Gasteiger partial charge on any atom is 0.242 e. The van der Waals surface area contributed by atoms with E-state index in [-0.39, 0.29) is 18.4 Å². The molecule has 138 valence electrons. The summed E-state index contributed by atoms with van der Waals surface area (Å²) in [5.74, 6) is 0.509. The lowest BCUT2D eigenvalue weighted by Crippen LogP contribution is -2.51. The molecule has 1 aliphatic heterocycles. The molecule has 2 amide bonds. The summed E-state index contributed by atoms with van der Waals surface area (Å²) in [5.41, 5.74) is 1.09. The van der Waals surface area contributed by atoms with Gasteiger partial charge in [-0.05, 0) is 30.5 Å². The number of amides is 2. The summed E-state index contributed by atoms with van der Waals surface area (Å²) in [7, 11) is 0. The number of carbonyl (C=O) groups is 2. The van der Waals surface area contributed by atoms with Crippen LogP contribution in [0.1, 0.15) is 27.2 Å². The molecule has 0 N–H and O–H groups in total. The Kier molecular flexibility index (Phi) is 7.12. The van der Waals surface area contributed by atoms with Crippen molar-refractivity contribution in [3.05, 3.63) is 29.3 Å². The van der Waals surface area contributed by atoms with Gasteiger partial charge in [-0.3, -0.25) is 9.59 Å². The predicted molar refractivity (Wildman–Crippen MR) is 102 cm³/mol. The van der Waals surface area contributed by atoms with Crippen LogP contribution in [0.4, 0.5) is 5.69 Å². The number of piperazine rings is 1. The average Bonchev–Trinajstić information content (AvgIpc) is 2.58. The van der Waals surface area contributed by atoms with Crippen molar-refractivity contribution in [1.29, 1.82) is 0 Å². The third-order valence-corrected chi connectivity index (χ3v) is 4.79. The van der Waals surface area contributed by atoms with Gasteiger partial charge in [0.1, 0.15) is 0 Å². The molecule has 0 saturated carbocycles. The summed E-state index contributed by atoms with van der Waals surface area (Å²) in [4.78, 5) is 30.1. The van der Waals surface area contributed by atoms with Crippen LogP contribution in [0, 0.1) is 5.92 Å². The topological polar surface area (TPSA) is 43.9 Å². The van der Waals surface area contributed by atoms with Crippen LogP contribution in [0.2, 0.25) is 5.02 Å². The zero-order valence-electron chi connectivity index (χ0n) is 15.4. The Balaban J connectivity index is 1.86. The minimum absolute atomic E-state index is 0.0321. The SMILES string of the molecule is CC(=O)N(CCC(C)C)CC(=O)N1CCN(c2cccc(Cl)c2)CC1. The van der Waals surface area contributed by atoms with Gasteiger partial charge in [0.05, 0.1) is 6.54 Å². The Morgan fingerprint density at radius 1 is 1.20 bits per heavy atom. The maximum atomic E-state index is 12.5. The van der Waals surface area contributed by atoms with Crippen LogP contribution in [0.25, 0.3) is 0 Å². The standard InChI is InChI=1S/C19H28ClN3O2/c1-15(2)7-8-23(16(3)24)14-19(25)22-11-9-21(10-12-22)18-6-4-5-17(20)13-18/h4-6,13,15H,7-12,14H2,1-3H3. The van der Waals surface area contributed by atoms with Gasteiger partial charge in [0.15, 0.2) is 0 Å². The van der Waals surface area contributed by atoms with Crippen LogP contribution in [-0.2, 0) is 9.59 Å². The number of nitrogens with zero attached hydrogens (tertiary/aromatic N) is 3. The molecule has 0 aromatic heterocycles. The minimum atomic E-state index is -0.0356. The van der Waals surface area contributed by atoms with Crippen molar-refractivity contribution in [3.63, 3.8) is 0 Å². The molecular weight excluding hydrogens is 338 g/mol. The van der Waals surface area contributed by atoms with Gasteiger partial charge in [-0.25, -0.2) is 0 Å². The molecule has 0 spiro atoms. The van der Waals surface area contributed by atoms with Gasteiger partial charge in [-0.15, -0.1) is 0 Å². The number of hydrogen-bond acceptors (Lipinski definition) is 3. The molecule has 2 rings (SSSR count). The summed E-state index contributed by atoms with van der Waals surface area (Å²) in [5, 5.41) is 0.721. The predicted octanol–water partition coefficient (Wildman–Crippen LogP) is 2.88. The minimum Gasteiger partial charge on any atom is -0.368 e. The molecule has 1 heterocycles. The van der Waals surface area contributed by atoms with E-state index in [1.807, 2.05) is 29.2 Å². The molecule has 1 aromatic carbocycles. The van der Waals surface area contributed by atoms with Crippen molar-refractivity contribution < 1.29 is 9.59 Å². The van der Waals surface area contributed by atoms with E-state index < -0.39 is 0 Å². The van der Waals surface area contributed by atoms with Crippen molar-refractivity contribution in [2.75, 3.05) is 44.2 Å². The first-order valence-electron chi connectivity index (χ1n) is 8.90. The van der Waals surface area contributed by atoms with E-state index >= 15 is 0 Å². The first-order valence-corrected chi connectivity index (χ1v) is 9.28. The van der Waals surface area contributed by atoms with E-state index in [2.05, 4.69) is 18.7 Å². The number of rotatable bonds is 6. The van der Waals surface area contributed by atoms with Crippen molar-refractivity contribution in [2.24, 2.45) is 5.92 Å². The van der Waals surface area contributed by atoms with Crippen LogP contribution in [0.15, 0.2) is 24.3 Å². The van der Waals surface area contributed by atoms with E-state index in [1.165, 1.54) is 6.92 Å². The molecule has 5 nitrogen and oxygen atoms in total. The fraction of sp³-hybridized carbons (Fsp3) is 0.579. The Morgan fingerprint density at radius 2 is 1.88 bits per heavy atom. The zero-order chi connectivity index (χ0) is 18.4. The van der Waals surface area contributed by atoms with Crippen molar-refractivity contribution in [1.82, 2.24) is 9.80 Å². The van der Waals surface area contributed by atoms with E-state index in [9.17, 15) is 9.59 Å². The van der Waals surface area contributed by atoms with E-state index in [0.717, 1.165) is 30.2 Å².